The summed E-state index contributed by atoms with van der Waals surface area (Å²) in [6.07, 6.45) is 0. The number of carbonyl (C=O) groups is 2. The summed E-state index contributed by atoms with van der Waals surface area (Å²) in [5.74, 6) is 0.306. The molecule has 150 valence electrons. The maximum Gasteiger partial charge on any atom is 0.272 e. The molecule has 0 aliphatic carbocycles. The van der Waals surface area contributed by atoms with Gasteiger partial charge in [0.05, 0.1) is 28.3 Å². The van der Waals surface area contributed by atoms with Crippen LogP contribution in [0, 0.1) is 0 Å². The first-order valence-electron chi connectivity index (χ1n) is 9.29. The van der Waals surface area contributed by atoms with E-state index in [2.05, 4.69) is 0 Å². The molecule has 0 saturated heterocycles. The van der Waals surface area contributed by atoms with Gasteiger partial charge in [-0.1, -0.05) is 72.3 Å². The Labute approximate surface area is 184 Å². The van der Waals surface area contributed by atoms with Gasteiger partial charge in [0, 0.05) is 11.3 Å². The number of rotatable bonds is 6. The highest BCUT2D eigenvalue weighted by atomic mass is 35.5. The van der Waals surface area contributed by atoms with Crippen molar-refractivity contribution in [2.24, 2.45) is 0 Å². The van der Waals surface area contributed by atoms with Gasteiger partial charge in [0.2, 0.25) is 0 Å². The Kier molecular flexibility index (Phi) is 5.93. The van der Waals surface area contributed by atoms with Crippen LogP contribution in [0.3, 0.4) is 0 Å². The predicted octanol–water partition coefficient (Wildman–Crippen LogP) is 5.57. The largest absolute Gasteiger partial charge is 0.496 e. The molecular weight excluding hydrogens is 418 g/mol. The number of hydrogen-bond donors (Lipinski definition) is 0. The number of methoxy groups -OCH3 is 1. The number of anilines is 1. The molecule has 4 rings (SSSR count). The smallest absolute Gasteiger partial charge is 0.272 e. The number of para-hydroxylation sites is 2. The van der Waals surface area contributed by atoms with Gasteiger partial charge in [-0.2, -0.15) is 0 Å². The Hall–Kier alpha value is -3.02. The fraction of sp³-hybridized carbons (Fsp3) is 0.0833. The first-order valence-corrected chi connectivity index (χ1v) is 10.7. The number of amides is 2. The van der Waals surface area contributed by atoms with E-state index in [1.54, 1.807) is 43.5 Å². The van der Waals surface area contributed by atoms with Crippen LogP contribution in [0.4, 0.5) is 5.69 Å². The summed E-state index contributed by atoms with van der Waals surface area (Å²) in [6, 6.07) is 23.9. The van der Waals surface area contributed by atoms with Crippen molar-refractivity contribution in [3.63, 3.8) is 0 Å². The maximum absolute atomic E-state index is 13.5. The molecule has 3 aromatic rings. The van der Waals surface area contributed by atoms with Gasteiger partial charge in [0.1, 0.15) is 5.75 Å². The van der Waals surface area contributed by atoms with Crippen molar-refractivity contribution in [1.29, 1.82) is 0 Å². The number of nitrogens with zero attached hydrogens (tertiary/aromatic N) is 1. The Balaban J connectivity index is 1.80. The van der Waals surface area contributed by atoms with Crippen LogP contribution in [0.5, 0.6) is 5.75 Å². The lowest BCUT2D eigenvalue weighted by Crippen LogP contribution is -2.31. The van der Waals surface area contributed by atoms with Gasteiger partial charge < -0.3 is 4.74 Å². The minimum Gasteiger partial charge on any atom is -0.496 e. The molecule has 0 unspecified atom stereocenters. The van der Waals surface area contributed by atoms with E-state index in [-0.39, 0.29) is 5.91 Å². The quantitative estimate of drug-likeness (QED) is 0.475. The lowest BCUT2D eigenvalue weighted by molar-refractivity contribution is -0.119. The first kappa shape index (κ1) is 20.3. The normalized spacial score (nSPS) is 13.9. The Morgan fingerprint density at radius 2 is 1.53 bits per heavy atom. The molecule has 2 amide bonds. The van der Waals surface area contributed by atoms with Crippen LogP contribution in [0.2, 0.25) is 5.02 Å². The Morgan fingerprint density at radius 3 is 2.27 bits per heavy atom. The zero-order valence-corrected chi connectivity index (χ0v) is 17.7. The highest BCUT2D eigenvalue weighted by molar-refractivity contribution is 8.03. The average Bonchev–Trinajstić information content (AvgIpc) is 3.02. The molecular formula is C24H18ClNO3S. The Morgan fingerprint density at radius 1 is 0.867 bits per heavy atom. The molecule has 4 nitrogen and oxygen atoms in total. The number of ether oxygens (including phenoxy) is 1. The summed E-state index contributed by atoms with van der Waals surface area (Å²) in [7, 11) is 1.54. The van der Waals surface area contributed by atoms with E-state index in [0.29, 0.717) is 38.3 Å². The molecule has 30 heavy (non-hydrogen) atoms. The molecule has 0 radical (unpaired) electrons. The van der Waals surface area contributed by atoms with Crippen LogP contribution < -0.4 is 9.64 Å². The van der Waals surface area contributed by atoms with E-state index in [4.69, 9.17) is 16.3 Å². The molecule has 3 aromatic carbocycles. The SMILES string of the molecule is COc1ccccc1C1=C(SCc2ccccc2)C(=O)N(c2ccccc2Cl)C1=O. The predicted molar refractivity (Wildman–Crippen MR) is 122 cm³/mol. The van der Waals surface area contributed by atoms with E-state index in [9.17, 15) is 9.59 Å². The monoisotopic (exact) mass is 435 g/mol. The second-order valence-electron chi connectivity index (χ2n) is 6.58. The molecule has 6 heteroatoms. The molecule has 1 aliphatic rings. The third-order valence-corrected chi connectivity index (χ3v) is 6.20. The van der Waals surface area contributed by atoms with Crippen molar-refractivity contribution < 1.29 is 14.3 Å². The van der Waals surface area contributed by atoms with Crippen LogP contribution in [0.25, 0.3) is 5.57 Å². The van der Waals surface area contributed by atoms with Crippen LogP contribution in [0.1, 0.15) is 11.1 Å². The summed E-state index contributed by atoms with van der Waals surface area (Å²) in [5, 5.41) is 0.341. The van der Waals surface area contributed by atoms with Gasteiger partial charge in [0.15, 0.2) is 0 Å². The van der Waals surface area contributed by atoms with Gasteiger partial charge >= 0.3 is 0 Å². The first-order chi connectivity index (χ1) is 14.6. The van der Waals surface area contributed by atoms with Gasteiger partial charge in [0.25, 0.3) is 11.8 Å². The topological polar surface area (TPSA) is 46.6 Å². The number of hydrogen-bond acceptors (Lipinski definition) is 4. The highest BCUT2D eigenvalue weighted by Gasteiger charge is 2.41. The number of halogens is 1. The van der Waals surface area contributed by atoms with E-state index in [1.165, 1.54) is 11.8 Å². The molecule has 0 saturated carbocycles. The average molecular weight is 436 g/mol. The van der Waals surface area contributed by atoms with Crippen molar-refractivity contribution in [2.75, 3.05) is 12.0 Å². The molecule has 0 atom stereocenters. The van der Waals surface area contributed by atoms with Crippen LogP contribution in [-0.2, 0) is 15.3 Å². The summed E-state index contributed by atoms with van der Waals surface area (Å²) in [4.78, 5) is 28.4. The van der Waals surface area contributed by atoms with Crippen molar-refractivity contribution >= 4 is 46.4 Å². The van der Waals surface area contributed by atoms with Crippen LogP contribution >= 0.6 is 23.4 Å². The zero-order valence-electron chi connectivity index (χ0n) is 16.2. The molecule has 0 fully saturated rings. The molecule has 1 aliphatic heterocycles. The second kappa shape index (κ2) is 8.78. The highest BCUT2D eigenvalue weighted by Crippen LogP contribution is 2.43. The number of thioether (sulfide) groups is 1. The molecule has 0 bridgehead atoms. The number of benzene rings is 3. The van der Waals surface area contributed by atoms with Gasteiger partial charge in [-0.15, -0.1) is 11.8 Å². The summed E-state index contributed by atoms with van der Waals surface area (Å²) >= 11 is 7.66. The number of imide groups is 1. The molecule has 0 spiro atoms. The van der Waals surface area contributed by atoms with Crippen molar-refractivity contribution in [1.82, 2.24) is 0 Å². The fourth-order valence-corrected chi connectivity index (χ4v) is 4.59. The third-order valence-electron chi connectivity index (χ3n) is 4.74. The van der Waals surface area contributed by atoms with Gasteiger partial charge in [-0.05, 0) is 23.8 Å². The Bertz CT molecular complexity index is 1140. The molecule has 0 N–H and O–H groups in total. The standard InChI is InChI=1S/C24H18ClNO3S/c1-29-20-14-8-5-11-17(20)21-22(30-15-16-9-3-2-4-10-16)24(28)26(23(21)27)19-13-7-6-12-18(19)25/h2-14H,15H2,1H3. The molecule has 0 aromatic heterocycles. The lowest BCUT2D eigenvalue weighted by atomic mass is 10.0. The fourth-order valence-electron chi connectivity index (χ4n) is 3.31. The van der Waals surface area contributed by atoms with E-state index < -0.39 is 5.91 Å². The second-order valence-corrected chi connectivity index (χ2v) is 7.97. The minimum absolute atomic E-state index is 0.332. The van der Waals surface area contributed by atoms with Crippen molar-refractivity contribution in [2.45, 2.75) is 5.75 Å². The summed E-state index contributed by atoms with van der Waals surface area (Å²) in [5.41, 5.74) is 2.35. The molecule has 1 heterocycles. The maximum atomic E-state index is 13.5. The van der Waals surface area contributed by atoms with E-state index in [1.807, 2.05) is 42.5 Å². The van der Waals surface area contributed by atoms with Crippen LogP contribution in [-0.4, -0.2) is 18.9 Å². The van der Waals surface area contributed by atoms with Crippen LogP contribution in [0.15, 0.2) is 83.8 Å². The van der Waals surface area contributed by atoms with Gasteiger partial charge in [-0.3, -0.25) is 9.59 Å². The zero-order chi connectivity index (χ0) is 21.1. The van der Waals surface area contributed by atoms with Gasteiger partial charge in [-0.25, -0.2) is 4.90 Å². The minimum atomic E-state index is -0.409. The third kappa shape index (κ3) is 3.74. The number of carbonyl (C=O) groups excluding carboxylic acids is 2. The van der Waals surface area contributed by atoms with E-state index >= 15 is 0 Å². The summed E-state index contributed by atoms with van der Waals surface area (Å²) < 4.78 is 5.47. The van der Waals surface area contributed by atoms with Crippen molar-refractivity contribution in [3.8, 4) is 5.75 Å². The lowest BCUT2D eigenvalue weighted by Gasteiger charge is -2.17. The van der Waals surface area contributed by atoms with E-state index in [0.717, 1.165) is 10.5 Å². The van der Waals surface area contributed by atoms with Crippen molar-refractivity contribution in [3.05, 3.63) is 99.9 Å². The summed E-state index contributed by atoms with van der Waals surface area (Å²) in [6.45, 7) is 0.